The Kier molecular flexibility index (Phi) is 6.66. The lowest BCUT2D eigenvalue weighted by molar-refractivity contribution is 0.0952. The first-order valence-corrected chi connectivity index (χ1v) is 7.87. The van der Waals surface area contributed by atoms with Gasteiger partial charge in [-0.15, -0.1) is 0 Å². The number of benzene rings is 1. The van der Waals surface area contributed by atoms with Crippen molar-refractivity contribution in [1.82, 2.24) is 5.32 Å². The van der Waals surface area contributed by atoms with E-state index < -0.39 is 0 Å². The molecule has 0 aliphatic heterocycles. The number of hydrogen-bond donors (Lipinski definition) is 1. The van der Waals surface area contributed by atoms with E-state index in [-0.39, 0.29) is 5.91 Å². The van der Waals surface area contributed by atoms with Gasteiger partial charge in [0.2, 0.25) is 0 Å². The summed E-state index contributed by atoms with van der Waals surface area (Å²) in [7, 11) is 0. The second kappa shape index (κ2) is 7.77. The van der Waals surface area contributed by atoms with Crippen molar-refractivity contribution < 1.29 is 4.79 Å². The first kappa shape index (κ1) is 14.6. The van der Waals surface area contributed by atoms with Crippen molar-refractivity contribution in [3.05, 3.63) is 33.8 Å². The van der Waals surface area contributed by atoms with Gasteiger partial charge in [-0.05, 0) is 49.5 Å². The SMILES string of the molecule is CSCCCCNC(=O)c1cccc(Br)c1C. The van der Waals surface area contributed by atoms with Crippen LogP contribution < -0.4 is 5.32 Å². The van der Waals surface area contributed by atoms with Gasteiger partial charge in [0, 0.05) is 16.6 Å². The second-order valence-electron chi connectivity index (χ2n) is 3.87. The van der Waals surface area contributed by atoms with E-state index >= 15 is 0 Å². The number of carbonyl (C=O) groups is 1. The van der Waals surface area contributed by atoms with Gasteiger partial charge < -0.3 is 5.32 Å². The van der Waals surface area contributed by atoms with Crippen LogP contribution in [0, 0.1) is 6.92 Å². The molecule has 0 aliphatic rings. The Morgan fingerprint density at radius 1 is 1.41 bits per heavy atom. The molecule has 1 aromatic rings. The maximum absolute atomic E-state index is 11.9. The molecule has 94 valence electrons. The van der Waals surface area contributed by atoms with Crippen LogP contribution in [-0.4, -0.2) is 24.5 Å². The first-order valence-electron chi connectivity index (χ1n) is 5.69. The van der Waals surface area contributed by atoms with Crippen LogP contribution in [0.4, 0.5) is 0 Å². The highest BCUT2D eigenvalue weighted by Crippen LogP contribution is 2.19. The molecule has 0 radical (unpaired) electrons. The van der Waals surface area contributed by atoms with Crippen molar-refractivity contribution in [2.45, 2.75) is 19.8 Å². The third kappa shape index (κ3) is 4.72. The molecule has 17 heavy (non-hydrogen) atoms. The van der Waals surface area contributed by atoms with Crippen LogP contribution in [0.15, 0.2) is 22.7 Å². The van der Waals surface area contributed by atoms with E-state index in [2.05, 4.69) is 27.5 Å². The molecule has 0 saturated carbocycles. The minimum atomic E-state index is 0.0213. The molecule has 0 fully saturated rings. The van der Waals surface area contributed by atoms with Crippen LogP contribution >= 0.6 is 27.7 Å². The van der Waals surface area contributed by atoms with Gasteiger partial charge in [-0.1, -0.05) is 22.0 Å². The molecular formula is C13H18BrNOS. The highest BCUT2D eigenvalue weighted by atomic mass is 79.9. The zero-order chi connectivity index (χ0) is 12.7. The minimum Gasteiger partial charge on any atom is -0.352 e. The molecule has 0 spiro atoms. The van der Waals surface area contributed by atoms with E-state index in [1.54, 1.807) is 0 Å². The Balaban J connectivity index is 2.44. The summed E-state index contributed by atoms with van der Waals surface area (Å²) in [5.74, 6) is 1.18. The van der Waals surface area contributed by atoms with Crippen molar-refractivity contribution in [2.24, 2.45) is 0 Å². The second-order valence-corrected chi connectivity index (χ2v) is 5.71. The quantitative estimate of drug-likeness (QED) is 0.812. The Bertz CT molecular complexity index is 382. The molecule has 0 aromatic heterocycles. The molecule has 1 N–H and O–H groups in total. The molecule has 0 heterocycles. The topological polar surface area (TPSA) is 29.1 Å². The summed E-state index contributed by atoms with van der Waals surface area (Å²) in [4.78, 5) is 11.9. The zero-order valence-electron chi connectivity index (χ0n) is 10.3. The van der Waals surface area contributed by atoms with Crippen LogP contribution in [0.25, 0.3) is 0 Å². The van der Waals surface area contributed by atoms with Gasteiger partial charge in [0.25, 0.3) is 5.91 Å². The lowest BCUT2D eigenvalue weighted by Gasteiger charge is -2.08. The number of hydrogen-bond acceptors (Lipinski definition) is 2. The van der Waals surface area contributed by atoms with Crippen molar-refractivity contribution in [2.75, 3.05) is 18.6 Å². The Labute approximate surface area is 116 Å². The van der Waals surface area contributed by atoms with Crippen molar-refractivity contribution >= 4 is 33.6 Å². The fourth-order valence-corrected chi connectivity index (χ4v) is 2.38. The average molecular weight is 316 g/mol. The summed E-state index contributed by atoms with van der Waals surface area (Å²) in [6.07, 6.45) is 4.29. The van der Waals surface area contributed by atoms with Crippen molar-refractivity contribution in [3.8, 4) is 0 Å². The Morgan fingerprint density at radius 2 is 2.18 bits per heavy atom. The van der Waals surface area contributed by atoms with Crippen LogP contribution in [0.3, 0.4) is 0 Å². The fourth-order valence-electron chi connectivity index (χ4n) is 1.52. The van der Waals surface area contributed by atoms with Gasteiger partial charge in [-0.25, -0.2) is 0 Å². The van der Waals surface area contributed by atoms with E-state index in [1.807, 2.05) is 36.9 Å². The molecule has 2 nitrogen and oxygen atoms in total. The monoisotopic (exact) mass is 315 g/mol. The molecule has 4 heteroatoms. The van der Waals surface area contributed by atoms with Gasteiger partial charge in [0.15, 0.2) is 0 Å². The maximum Gasteiger partial charge on any atom is 0.251 e. The van der Waals surface area contributed by atoms with Gasteiger partial charge in [-0.3, -0.25) is 4.79 Å². The highest BCUT2D eigenvalue weighted by molar-refractivity contribution is 9.10. The van der Waals surface area contributed by atoms with Gasteiger partial charge >= 0.3 is 0 Å². The lowest BCUT2D eigenvalue weighted by atomic mass is 10.1. The standard InChI is InChI=1S/C13H18BrNOS/c1-10-11(6-5-7-12(10)14)13(16)15-8-3-4-9-17-2/h5-7H,3-4,8-9H2,1-2H3,(H,15,16). The number of rotatable bonds is 6. The van der Waals surface area contributed by atoms with E-state index in [1.165, 1.54) is 0 Å². The fraction of sp³-hybridized carbons (Fsp3) is 0.462. The summed E-state index contributed by atoms with van der Waals surface area (Å²) < 4.78 is 0.979. The third-order valence-electron chi connectivity index (χ3n) is 2.57. The normalized spacial score (nSPS) is 10.3. The molecule has 1 aromatic carbocycles. The van der Waals surface area contributed by atoms with Crippen molar-refractivity contribution in [3.63, 3.8) is 0 Å². The largest absolute Gasteiger partial charge is 0.352 e. The average Bonchev–Trinajstić information content (AvgIpc) is 2.32. The van der Waals surface area contributed by atoms with E-state index in [4.69, 9.17) is 0 Å². The molecule has 1 amide bonds. The zero-order valence-corrected chi connectivity index (χ0v) is 12.7. The molecule has 0 atom stereocenters. The highest BCUT2D eigenvalue weighted by Gasteiger charge is 2.09. The van der Waals surface area contributed by atoms with Gasteiger partial charge in [-0.2, -0.15) is 11.8 Å². The first-order chi connectivity index (χ1) is 8.16. The number of carbonyl (C=O) groups excluding carboxylic acids is 1. The number of unbranched alkanes of at least 4 members (excludes halogenated alkanes) is 1. The number of nitrogens with one attached hydrogen (secondary N) is 1. The minimum absolute atomic E-state index is 0.0213. The maximum atomic E-state index is 11.9. The number of thioether (sulfide) groups is 1. The predicted octanol–water partition coefficient (Wildman–Crippen LogP) is 3.63. The lowest BCUT2D eigenvalue weighted by Crippen LogP contribution is -2.25. The number of halogens is 1. The molecule has 0 unspecified atom stereocenters. The molecule has 0 bridgehead atoms. The summed E-state index contributed by atoms with van der Waals surface area (Å²) in [6.45, 7) is 2.71. The van der Waals surface area contributed by atoms with Crippen LogP contribution in [0.2, 0.25) is 0 Å². The number of amides is 1. The van der Waals surface area contributed by atoms with Gasteiger partial charge in [0.05, 0.1) is 0 Å². The molecular weight excluding hydrogens is 298 g/mol. The predicted molar refractivity (Wildman–Crippen MR) is 78.8 cm³/mol. The molecule has 0 aliphatic carbocycles. The van der Waals surface area contributed by atoms with E-state index in [0.29, 0.717) is 0 Å². The summed E-state index contributed by atoms with van der Waals surface area (Å²) >= 11 is 5.28. The summed E-state index contributed by atoms with van der Waals surface area (Å²) in [5.41, 5.74) is 1.75. The van der Waals surface area contributed by atoms with Crippen LogP contribution in [0.5, 0.6) is 0 Å². The molecule has 1 rings (SSSR count). The van der Waals surface area contributed by atoms with Crippen LogP contribution in [-0.2, 0) is 0 Å². The summed E-state index contributed by atoms with van der Waals surface area (Å²) in [5, 5.41) is 2.96. The smallest absolute Gasteiger partial charge is 0.251 e. The van der Waals surface area contributed by atoms with Crippen molar-refractivity contribution in [1.29, 1.82) is 0 Å². The van der Waals surface area contributed by atoms with Gasteiger partial charge in [0.1, 0.15) is 0 Å². The Morgan fingerprint density at radius 3 is 2.88 bits per heavy atom. The van der Waals surface area contributed by atoms with E-state index in [9.17, 15) is 4.79 Å². The van der Waals surface area contributed by atoms with E-state index in [0.717, 1.165) is 40.7 Å². The summed E-state index contributed by atoms with van der Waals surface area (Å²) in [6, 6.07) is 5.70. The molecule has 0 saturated heterocycles. The Hall–Kier alpha value is -0.480. The third-order valence-corrected chi connectivity index (χ3v) is 4.13. The van der Waals surface area contributed by atoms with Crippen LogP contribution in [0.1, 0.15) is 28.8 Å².